The number of aryl methyl sites for hydroxylation is 1. The molecule has 0 aliphatic carbocycles. The molecular weight excluding hydrogens is 364 g/mol. The van der Waals surface area contributed by atoms with Crippen LogP contribution in [-0.2, 0) is 19.6 Å². The van der Waals surface area contributed by atoms with E-state index in [9.17, 15) is 18.0 Å². The second-order valence-corrected chi connectivity index (χ2v) is 7.74. The van der Waals surface area contributed by atoms with Crippen molar-refractivity contribution in [1.29, 1.82) is 0 Å². The van der Waals surface area contributed by atoms with Crippen molar-refractivity contribution in [3.63, 3.8) is 0 Å². The van der Waals surface area contributed by atoms with Crippen molar-refractivity contribution in [2.24, 2.45) is 0 Å². The van der Waals surface area contributed by atoms with Crippen LogP contribution in [0.5, 0.6) is 0 Å². The molecule has 1 aromatic rings. The van der Waals surface area contributed by atoms with Crippen LogP contribution in [0.25, 0.3) is 0 Å². The molecular formula is C16H22N2O7S. The van der Waals surface area contributed by atoms with Crippen molar-refractivity contribution < 1.29 is 32.3 Å². The molecule has 0 radical (unpaired) electrons. The number of nitrogens with zero attached hydrogens (tertiary/aromatic N) is 1. The second kappa shape index (κ2) is 8.47. The smallest absolute Gasteiger partial charge is 0.328 e. The van der Waals surface area contributed by atoms with E-state index in [1.54, 1.807) is 0 Å². The molecule has 144 valence electrons. The summed E-state index contributed by atoms with van der Waals surface area (Å²) in [6.45, 7) is 5.62. The van der Waals surface area contributed by atoms with E-state index in [1.807, 2.05) is 0 Å². The minimum atomic E-state index is -3.74. The highest BCUT2D eigenvalue weighted by molar-refractivity contribution is 7.89. The van der Waals surface area contributed by atoms with Crippen LogP contribution in [0.2, 0.25) is 0 Å². The molecule has 1 aromatic heterocycles. The van der Waals surface area contributed by atoms with E-state index in [1.165, 1.54) is 17.3 Å². The fourth-order valence-corrected chi connectivity index (χ4v) is 4.25. The first-order valence-corrected chi connectivity index (χ1v) is 9.54. The average Bonchev–Trinajstić information content (AvgIpc) is 3.23. The first-order chi connectivity index (χ1) is 12.3. The third kappa shape index (κ3) is 4.51. The van der Waals surface area contributed by atoms with Gasteiger partial charge in [-0.2, -0.15) is 4.31 Å². The number of ether oxygens (including phenoxy) is 1. The van der Waals surface area contributed by atoms with Crippen LogP contribution in [0.1, 0.15) is 29.2 Å². The molecule has 2 heterocycles. The molecule has 1 unspecified atom stereocenters. The van der Waals surface area contributed by atoms with E-state index >= 15 is 0 Å². The number of carbonyl (C=O) groups is 2. The largest absolute Gasteiger partial charge is 0.480 e. The van der Waals surface area contributed by atoms with Gasteiger partial charge in [0.15, 0.2) is 11.8 Å². The van der Waals surface area contributed by atoms with Crippen LogP contribution in [-0.4, -0.2) is 62.1 Å². The van der Waals surface area contributed by atoms with Crippen molar-refractivity contribution >= 4 is 21.9 Å². The topological polar surface area (TPSA) is 126 Å². The molecule has 1 saturated heterocycles. The molecule has 0 saturated carbocycles. The van der Waals surface area contributed by atoms with E-state index in [2.05, 4.69) is 11.9 Å². The lowest BCUT2D eigenvalue weighted by Gasteiger charge is -2.14. The number of amides is 1. The van der Waals surface area contributed by atoms with Crippen LogP contribution >= 0.6 is 0 Å². The molecule has 1 fully saturated rings. The summed E-state index contributed by atoms with van der Waals surface area (Å²) in [7, 11) is -3.74. The Kier molecular flexibility index (Phi) is 6.57. The number of hydrogen-bond acceptors (Lipinski definition) is 6. The van der Waals surface area contributed by atoms with Crippen molar-refractivity contribution in [3.05, 3.63) is 30.2 Å². The zero-order chi connectivity index (χ0) is 19.3. The Morgan fingerprint density at radius 3 is 2.69 bits per heavy atom. The molecule has 0 aromatic carbocycles. The van der Waals surface area contributed by atoms with Crippen LogP contribution in [0.15, 0.2) is 28.0 Å². The Morgan fingerprint density at radius 2 is 2.12 bits per heavy atom. The van der Waals surface area contributed by atoms with Crippen LogP contribution < -0.4 is 5.32 Å². The SMILES string of the molecule is C=CCOCC(NC(=O)c1cc(S(=O)(=O)N2CCCC2)c(C)o1)C(=O)O. The van der Waals surface area contributed by atoms with Gasteiger partial charge in [0.1, 0.15) is 10.7 Å². The maximum atomic E-state index is 12.6. The Labute approximate surface area is 151 Å². The molecule has 2 rings (SSSR count). The van der Waals surface area contributed by atoms with E-state index in [4.69, 9.17) is 14.3 Å². The average molecular weight is 386 g/mol. The number of rotatable bonds is 9. The zero-order valence-corrected chi connectivity index (χ0v) is 15.3. The lowest BCUT2D eigenvalue weighted by atomic mass is 10.3. The van der Waals surface area contributed by atoms with E-state index in [0.29, 0.717) is 13.1 Å². The summed E-state index contributed by atoms with van der Waals surface area (Å²) in [5.41, 5.74) is 0. The lowest BCUT2D eigenvalue weighted by Crippen LogP contribution is -2.44. The van der Waals surface area contributed by atoms with Crippen LogP contribution in [0, 0.1) is 6.92 Å². The maximum absolute atomic E-state index is 12.6. The van der Waals surface area contributed by atoms with Gasteiger partial charge in [0.05, 0.1) is 13.2 Å². The fraction of sp³-hybridized carbons (Fsp3) is 0.500. The lowest BCUT2D eigenvalue weighted by molar-refractivity contribution is -0.140. The fourth-order valence-electron chi connectivity index (χ4n) is 2.57. The standard InChI is InChI=1S/C16H22N2O7S/c1-3-8-24-10-12(16(20)21)17-15(19)13-9-14(11(2)25-13)26(22,23)18-6-4-5-7-18/h3,9,12H,1,4-8,10H2,2H3,(H,17,19)(H,20,21). The van der Waals surface area contributed by atoms with E-state index < -0.39 is 27.9 Å². The highest BCUT2D eigenvalue weighted by atomic mass is 32.2. The van der Waals surface area contributed by atoms with Gasteiger partial charge in [-0.15, -0.1) is 6.58 Å². The number of hydrogen-bond donors (Lipinski definition) is 2. The van der Waals surface area contributed by atoms with Gasteiger partial charge in [-0.1, -0.05) is 6.08 Å². The summed E-state index contributed by atoms with van der Waals surface area (Å²) in [4.78, 5) is 23.4. The van der Waals surface area contributed by atoms with E-state index in [0.717, 1.165) is 18.9 Å². The summed E-state index contributed by atoms with van der Waals surface area (Å²) >= 11 is 0. The molecule has 0 bridgehead atoms. The molecule has 9 nitrogen and oxygen atoms in total. The Morgan fingerprint density at radius 1 is 1.46 bits per heavy atom. The Hall–Kier alpha value is -2.17. The first kappa shape index (κ1) is 20.1. The second-order valence-electron chi connectivity index (χ2n) is 5.83. The number of carboxylic acids is 1. The van der Waals surface area contributed by atoms with Gasteiger partial charge in [0.2, 0.25) is 10.0 Å². The van der Waals surface area contributed by atoms with Gasteiger partial charge >= 0.3 is 5.97 Å². The summed E-state index contributed by atoms with van der Waals surface area (Å²) in [5, 5.41) is 11.4. The summed E-state index contributed by atoms with van der Waals surface area (Å²) in [6.07, 6.45) is 3.02. The van der Waals surface area contributed by atoms with Crippen molar-refractivity contribution in [3.8, 4) is 0 Å². The zero-order valence-electron chi connectivity index (χ0n) is 14.4. The monoisotopic (exact) mass is 386 g/mol. The minimum Gasteiger partial charge on any atom is -0.480 e. The summed E-state index contributed by atoms with van der Waals surface area (Å²) < 4.78 is 36.9. The first-order valence-electron chi connectivity index (χ1n) is 8.10. The molecule has 0 spiro atoms. The van der Waals surface area contributed by atoms with Crippen molar-refractivity contribution in [2.75, 3.05) is 26.3 Å². The van der Waals surface area contributed by atoms with Crippen LogP contribution in [0.3, 0.4) is 0 Å². The molecule has 2 N–H and O–H groups in total. The molecule has 1 aliphatic rings. The molecule has 1 aliphatic heterocycles. The van der Waals surface area contributed by atoms with Gasteiger partial charge in [0, 0.05) is 19.2 Å². The Bertz CT molecular complexity index is 779. The predicted octanol–water partition coefficient (Wildman–Crippen LogP) is 0.758. The van der Waals surface area contributed by atoms with Gasteiger partial charge in [-0.05, 0) is 19.8 Å². The van der Waals surface area contributed by atoms with Gasteiger partial charge < -0.3 is 19.6 Å². The number of furan rings is 1. The molecule has 10 heteroatoms. The third-order valence-electron chi connectivity index (χ3n) is 3.90. The number of carboxylic acid groups (broad SMARTS) is 1. The highest BCUT2D eigenvalue weighted by Crippen LogP contribution is 2.26. The third-order valence-corrected chi connectivity index (χ3v) is 5.91. The number of nitrogens with one attached hydrogen (secondary N) is 1. The van der Waals surface area contributed by atoms with Gasteiger partial charge in [-0.25, -0.2) is 13.2 Å². The Balaban J connectivity index is 2.14. The summed E-state index contributed by atoms with van der Waals surface area (Å²) in [5.74, 6) is -2.30. The quantitative estimate of drug-likeness (QED) is 0.474. The molecule has 1 amide bonds. The highest BCUT2D eigenvalue weighted by Gasteiger charge is 2.32. The van der Waals surface area contributed by atoms with Gasteiger partial charge in [0.25, 0.3) is 5.91 Å². The minimum absolute atomic E-state index is 0.0804. The van der Waals surface area contributed by atoms with E-state index in [-0.39, 0.29) is 29.6 Å². The summed E-state index contributed by atoms with van der Waals surface area (Å²) in [6, 6.07) is -0.173. The van der Waals surface area contributed by atoms with Crippen molar-refractivity contribution in [1.82, 2.24) is 9.62 Å². The molecule has 26 heavy (non-hydrogen) atoms. The maximum Gasteiger partial charge on any atom is 0.328 e. The number of sulfonamides is 1. The normalized spacial score (nSPS) is 16.3. The predicted molar refractivity (Wildman–Crippen MR) is 91.3 cm³/mol. The number of aliphatic carboxylic acids is 1. The molecule has 1 atom stereocenters. The van der Waals surface area contributed by atoms with Crippen LogP contribution in [0.4, 0.5) is 0 Å². The van der Waals surface area contributed by atoms with Crippen molar-refractivity contribution in [2.45, 2.75) is 30.7 Å². The number of carbonyl (C=O) groups excluding carboxylic acids is 1. The van der Waals surface area contributed by atoms with Gasteiger partial charge in [-0.3, -0.25) is 4.79 Å².